The van der Waals surface area contributed by atoms with Crippen molar-refractivity contribution in [3.8, 4) is 0 Å². The minimum Gasteiger partial charge on any atom is -0.371 e. The van der Waals surface area contributed by atoms with E-state index in [2.05, 4.69) is 42.2 Å². The van der Waals surface area contributed by atoms with E-state index in [1.807, 2.05) is 29.2 Å². The highest BCUT2D eigenvalue weighted by Gasteiger charge is 2.27. The van der Waals surface area contributed by atoms with Gasteiger partial charge in [-0.25, -0.2) is 0 Å². The van der Waals surface area contributed by atoms with E-state index in [4.69, 9.17) is 0 Å². The van der Waals surface area contributed by atoms with Crippen LogP contribution in [0.3, 0.4) is 0 Å². The Kier molecular flexibility index (Phi) is 4.08. The molecule has 0 unspecified atom stereocenters. The number of nitrogens with zero attached hydrogens (tertiary/aromatic N) is 2. The molecule has 0 atom stereocenters. The molecule has 2 aliphatic rings. The van der Waals surface area contributed by atoms with Crippen molar-refractivity contribution in [2.24, 2.45) is 5.92 Å². The highest BCUT2D eigenvalue weighted by atomic mass is 16.2. The zero-order valence-corrected chi connectivity index (χ0v) is 14.9. The van der Waals surface area contributed by atoms with Crippen LogP contribution in [0.15, 0.2) is 48.5 Å². The molecule has 0 saturated carbocycles. The maximum Gasteiger partial charge on any atom is 0.228 e. The molecule has 0 aliphatic carbocycles. The average molecular weight is 332 g/mol. The Labute approximate surface area is 149 Å². The normalized spacial score (nSPS) is 17.4. The van der Waals surface area contributed by atoms with E-state index in [0.717, 1.165) is 41.5 Å². The number of rotatable bonds is 1. The molecule has 3 nitrogen and oxygen atoms in total. The number of piperidine rings is 1. The molecule has 0 radical (unpaired) electrons. The number of likely N-dealkylation sites (tertiary alicyclic amines) is 1. The SMILES string of the molecule is CC(=O)N1c2ccccc2C=C(N2CCC(C)CC2)c2ccccc21. The summed E-state index contributed by atoms with van der Waals surface area (Å²) in [6, 6.07) is 16.4. The number of para-hydroxylation sites is 2. The number of benzene rings is 2. The quantitative estimate of drug-likeness (QED) is 0.740. The first-order chi connectivity index (χ1) is 12.1. The third-order valence-electron chi connectivity index (χ3n) is 5.33. The van der Waals surface area contributed by atoms with Crippen molar-refractivity contribution < 1.29 is 4.79 Å². The van der Waals surface area contributed by atoms with Crippen molar-refractivity contribution in [2.75, 3.05) is 18.0 Å². The predicted octanol–water partition coefficient (Wildman–Crippen LogP) is 4.91. The molecule has 1 amide bonds. The van der Waals surface area contributed by atoms with Gasteiger partial charge in [0.25, 0.3) is 0 Å². The topological polar surface area (TPSA) is 23.6 Å². The second-order valence-corrected chi connectivity index (χ2v) is 7.13. The third-order valence-corrected chi connectivity index (χ3v) is 5.33. The zero-order chi connectivity index (χ0) is 17.4. The Morgan fingerprint density at radius 2 is 1.60 bits per heavy atom. The highest BCUT2D eigenvalue weighted by Crippen LogP contribution is 2.41. The summed E-state index contributed by atoms with van der Waals surface area (Å²) in [7, 11) is 0. The lowest BCUT2D eigenvalue weighted by molar-refractivity contribution is -0.115. The summed E-state index contributed by atoms with van der Waals surface area (Å²) in [6.45, 7) is 6.12. The van der Waals surface area contributed by atoms with Gasteiger partial charge in [0.05, 0.1) is 11.4 Å². The summed E-state index contributed by atoms with van der Waals surface area (Å²) >= 11 is 0. The van der Waals surface area contributed by atoms with Crippen molar-refractivity contribution in [3.63, 3.8) is 0 Å². The van der Waals surface area contributed by atoms with Crippen molar-refractivity contribution >= 4 is 29.1 Å². The third kappa shape index (κ3) is 2.84. The van der Waals surface area contributed by atoms with Crippen LogP contribution in [0.2, 0.25) is 0 Å². The second-order valence-electron chi connectivity index (χ2n) is 7.13. The van der Waals surface area contributed by atoms with E-state index in [1.165, 1.54) is 18.5 Å². The molecular weight excluding hydrogens is 308 g/mol. The van der Waals surface area contributed by atoms with Gasteiger partial charge in [-0.15, -0.1) is 0 Å². The van der Waals surface area contributed by atoms with Crippen LogP contribution >= 0.6 is 0 Å². The summed E-state index contributed by atoms with van der Waals surface area (Å²) in [5, 5.41) is 0. The summed E-state index contributed by atoms with van der Waals surface area (Å²) in [5.41, 5.74) is 5.41. The molecule has 1 saturated heterocycles. The minimum atomic E-state index is 0.0433. The number of amides is 1. The van der Waals surface area contributed by atoms with E-state index in [-0.39, 0.29) is 5.91 Å². The van der Waals surface area contributed by atoms with Gasteiger partial charge in [-0.2, -0.15) is 0 Å². The first-order valence-corrected chi connectivity index (χ1v) is 9.11. The molecule has 0 bridgehead atoms. The average Bonchev–Trinajstić information content (AvgIpc) is 2.77. The molecule has 1 fully saturated rings. The zero-order valence-electron chi connectivity index (χ0n) is 14.9. The van der Waals surface area contributed by atoms with Gasteiger partial charge in [-0.05, 0) is 37.0 Å². The molecule has 0 aromatic heterocycles. The lowest BCUT2D eigenvalue weighted by atomic mass is 9.97. The molecule has 128 valence electrons. The lowest BCUT2D eigenvalue weighted by Crippen LogP contribution is -2.32. The fourth-order valence-corrected chi connectivity index (χ4v) is 3.90. The molecule has 3 heteroatoms. The van der Waals surface area contributed by atoms with Gasteiger partial charge in [0.2, 0.25) is 5.91 Å². The smallest absolute Gasteiger partial charge is 0.228 e. The van der Waals surface area contributed by atoms with Crippen LogP contribution in [0.1, 0.15) is 37.8 Å². The molecule has 4 rings (SSSR count). The summed E-state index contributed by atoms with van der Waals surface area (Å²) in [6.07, 6.45) is 4.70. The van der Waals surface area contributed by atoms with Crippen LogP contribution < -0.4 is 4.90 Å². The van der Waals surface area contributed by atoms with Gasteiger partial charge in [-0.1, -0.05) is 43.3 Å². The number of hydrogen-bond acceptors (Lipinski definition) is 2. The molecule has 2 aliphatic heterocycles. The standard InChI is InChI=1S/C22H24N2O/c1-16-11-13-23(14-12-16)22-15-18-7-3-5-9-20(18)24(17(2)25)21-10-6-4-8-19(21)22/h3-10,15-16H,11-14H2,1-2H3. The van der Waals surface area contributed by atoms with Crippen LogP contribution in [0.4, 0.5) is 11.4 Å². The van der Waals surface area contributed by atoms with Crippen molar-refractivity contribution in [3.05, 3.63) is 59.7 Å². The van der Waals surface area contributed by atoms with Crippen LogP contribution in [-0.4, -0.2) is 23.9 Å². The molecular formula is C22H24N2O. The largest absolute Gasteiger partial charge is 0.371 e. The summed E-state index contributed by atoms with van der Waals surface area (Å²) < 4.78 is 0. The summed E-state index contributed by atoms with van der Waals surface area (Å²) in [4.78, 5) is 16.8. The number of carbonyl (C=O) groups is 1. The Hall–Kier alpha value is -2.55. The molecule has 0 N–H and O–H groups in total. The van der Waals surface area contributed by atoms with E-state index in [9.17, 15) is 4.79 Å². The predicted molar refractivity (Wildman–Crippen MR) is 104 cm³/mol. The number of hydrogen-bond donors (Lipinski definition) is 0. The Morgan fingerprint density at radius 1 is 0.960 bits per heavy atom. The van der Waals surface area contributed by atoms with Gasteiger partial charge in [0.15, 0.2) is 0 Å². The van der Waals surface area contributed by atoms with Gasteiger partial charge >= 0.3 is 0 Å². The van der Waals surface area contributed by atoms with E-state index >= 15 is 0 Å². The van der Waals surface area contributed by atoms with Gasteiger partial charge < -0.3 is 4.90 Å². The highest BCUT2D eigenvalue weighted by molar-refractivity contribution is 6.07. The molecule has 0 spiro atoms. The van der Waals surface area contributed by atoms with Crippen molar-refractivity contribution in [2.45, 2.75) is 26.7 Å². The molecule has 2 aromatic carbocycles. The number of anilines is 2. The Balaban J connectivity index is 1.90. The van der Waals surface area contributed by atoms with Crippen LogP contribution in [0.25, 0.3) is 11.8 Å². The Morgan fingerprint density at radius 3 is 2.32 bits per heavy atom. The van der Waals surface area contributed by atoms with Gasteiger partial charge in [0.1, 0.15) is 0 Å². The number of fused-ring (bicyclic) bond motifs is 2. The van der Waals surface area contributed by atoms with Gasteiger partial charge in [-0.3, -0.25) is 9.69 Å². The molecule has 2 aromatic rings. The maximum atomic E-state index is 12.5. The Bertz CT molecular complexity index is 831. The molecule has 2 heterocycles. The fraction of sp³-hybridized carbons (Fsp3) is 0.318. The van der Waals surface area contributed by atoms with Crippen LogP contribution in [0.5, 0.6) is 0 Å². The van der Waals surface area contributed by atoms with Gasteiger partial charge in [0, 0.05) is 36.8 Å². The molecule has 25 heavy (non-hydrogen) atoms. The first-order valence-electron chi connectivity index (χ1n) is 9.11. The van der Waals surface area contributed by atoms with Crippen LogP contribution in [0, 0.1) is 5.92 Å². The van der Waals surface area contributed by atoms with E-state index < -0.39 is 0 Å². The maximum absolute atomic E-state index is 12.5. The van der Waals surface area contributed by atoms with Crippen LogP contribution in [-0.2, 0) is 4.79 Å². The second kappa shape index (κ2) is 6.40. The minimum absolute atomic E-state index is 0.0433. The summed E-state index contributed by atoms with van der Waals surface area (Å²) in [5.74, 6) is 0.834. The van der Waals surface area contributed by atoms with Crippen molar-refractivity contribution in [1.82, 2.24) is 4.90 Å². The first kappa shape index (κ1) is 15.9. The lowest BCUT2D eigenvalue weighted by Gasteiger charge is -2.34. The van der Waals surface area contributed by atoms with E-state index in [0.29, 0.717) is 0 Å². The monoisotopic (exact) mass is 332 g/mol. The number of carbonyl (C=O) groups excluding carboxylic acids is 1. The fourth-order valence-electron chi connectivity index (χ4n) is 3.90. The van der Waals surface area contributed by atoms with Crippen molar-refractivity contribution in [1.29, 1.82) is 0 Å². The van der Waals surface area contributed by atoms with E-state index in [1.54, 1.807) is 6.92 Å².